The fraction of sp³-hybridized carbons (Fsp3) is 0.379. The van der Waals surface area contributed by atoms with E-state index in [1.807, 2.05) is 36.4 Å². The van der Waals surface area contributed by atoms with E-state index in [1.54, 1.807) is 26.4 Å². The summed E-state index contributed by atoms with van der Waals surface area (Å²) in [5.74, 6) is 0.891. The van der Waals surface area contributed by atoms with Gasteiger partial charge in [-0.05, 0) is 35.6 Å². The molecule has 5 rings (SSSR count). The molecule has 0 bridgehead atoms. The first-order chi connectivity index (χ1) is 19.1. The minimum Gasteiger partial charge on any atom is -0.478 e. The summed E-state index contributed by atoms with van der Waals surface area (Å²) in [5.41, 5.74) is 4.07. The second-order valence-electron chi connectivity index (χ2n) is 9.55. The van der Waals surface area contributed by atoms with Gasteiger partial charge in [0.25, 0.3) is 11.8 Å². The number of methoxy groups -OCH3 is 2. The van der Waals surface area contributed by atoms with Crippen molar-refractivity contribution in [2.75, 3.05) is 27.8 Å². The van der Waals surface area contributed by atoms with Crippen LogP contribution in [0.15, 0.2) is 48.5 Å². The molecule has 1 fully saturated rings. The van der Waals surface area contributed by atoms with Gasteiger partial charge in [0.15, 0.2) is 19.1 Å². The fourth-order valence-corrected chi connectivity index (χ4v) is 5.17. The molecule has 2 heterocycles. The van der Waals surface area contributed by atoms with Crippen molar-refractivity contribution in [3.63, 3.8) is 0 Å². The summed E-state index contributed by atoms with van der Waals surface area (Å²) < 4.78 is 23.9. The van der Waals surface area contributed by atoms with Crippen LogP contribution in [0.25, 0.3) is 22.2 Å². The van der Waals surface area contributed by atoms with E-state index in [1.165, 1.54) is 6.42 Å². The number of carbonyl (C=O) groups is 1. The van der Waals surface area contributed by atoms with Crippen molar-refractivity contribution in [1.82, 2.24) is 19.7 Å². The van der Waals surface area contributed by atoms with Crippen LogP contribution in [0.5, 0.6) is 11.8 Å². The van der Waals surface area contributed by atoms with E-state index in [2.05, 4.69) is 14.8 Å². The van der Waals surface area contributed by atoms with Crippen LogP contribution in [0.4, 0.5) is 0 Å². The number of aromatic nitrogens is 4. The molecule has 204 valence electrons. The maximum absolute atomic E-state index is 11.7. The molecule has 0 radical (unpaired) electrons. The van der Waals surface area contributed by atoms with Gasteiger partial charge >= 0.3 is 5.97 Å². The lowest BCUT2D eigenvalue weighted by atomic mass is 9.88. The van der Waals surface area contributed by atoms with Crippen LogP contribution in [-0.4, -0.2) is 58.6 Å². The molecule has 10 nitrogen and oxygen atoms in total. The third-order valence-corrected chi connectivity index (χ3v) is 6.99. The first-order valence-electron chi connectivity index (χ1n) is 13.0. The Kier molecular flexibility index (Phi) is 8.33. The normalized spacial score (nSPS) is 14.0. The van der Waals surface area contributed by atoms with Crippen molar-refractivity contribution in [3.05, 3.63) is 65.5 Å². The summed E-state index contributed by atoms with van der Waals surface area (Å²) in [6.07, 6.45) is 5.64. The highest BCUT2D eigenvalue weighted by Gasteiger charge is 2.27. The van der Waals surface area contributed by atoms with Crippen LogP contribution in [0.2, 0.25) is 0 Å². The van der Waals surface area contributed by atoms with Crippen LogP contribution < -0.4 is 9.47 Å². The lowest BCUT2D eigenvalue weighted by Gasteiger charge is -2.22. The highest BCUT2D eigenvalue weighted by atomic mass is 16.7. The van der Waals surface area contributed by atoms with Gasteiger partial charge in [-0.3, -0.25) is 0 Å². The van der Waals surface area contributed by atoms with E-state index >= 15 is 0 Å². The van der Waals surface area contributed by atoms with Gasteiger partial charge in [0.05, 0.1) is 5.56 Å². The van der Waals surface area contributed by atoms with Crippen LogP contribution in [-0.2, 0) is 16.0 Å². The highest BCUT2D eigenvalue weighted by Crippen LogP contribution is 2.38. The predicted octanol–water partition coefficient (Wildman–Crippen LogP) is 5.25. The molecule has 1 aliphatic rings. The van der Waals surface area contributed by atoms with Crippen molar-refractivity contribution in [3.8, 4) is 22.9 Å². The van der Waals surface area contributed by atoms with Gasteiger partial charge in [-0.15, -0.1) is 10.2 Å². The standard InChI is InChI=1S/C29H32N4O6/c1-36-17-38-27-24-25(28(32-31-27)39-18-37-2)33(26(30-24)21-8-4-3-5-9-21)16-19-12-14-20(15-13-19)22-10-6-7-11-23(22)29(34)35/h6-7,10-15,21H,3-5,8-9,16-18H2,1-2H3,(H,34,35). The summed E-state index contributed by atoms with van der Waals surface area (Å²) in [4.78, 5) is 16.8. The zero-order valence-electron chi connectivity index (χ0n) is 22.1. The Labute approximate surface area is 226 Å². The largest absolute Gasteiger partial charge is 0.478 e. The molecule has 1 aliphatic carbocycles. The van der Waals surface area contributed by atoms with Gasteiger partial charge in [0, 0.05) is 26.7 Å². The van der Waals surface area contributed by atoms with E-state index in [4.69, 9.17) is 23.9 Å². The predicted molar refractivity (Wildman–Crippen MR) is 144 cm³/mol. The number of aromatic carboxylic acids is 1. The zero-order valence-corrected chi connectivity index (χ0v) is 22.1. The van der Waals surface area contributed by atoms with Gasteiger partial charge in [0.1, 0.15) is 11.3 Å². The number of imidazole rings is 1. The van der Waals surface area contributed by atoms with Gasteiger partial charge in [-0.2, -0.15) is 0 Å². The van der Waals surface area contributed by atoms with Crippen LogP contribution in [0.3, 0.4) is 0 Å². The molecule has 0 amide bonds. The van der Waals surface area contributed by atoms with Gasteiger partial charge in [-0.1, -0.05) is 61.7 Å². The number of hydrogen-bond donors (Lipinski definition) is 1. The molecule has 2 aromatic carbocycles. The molecule has 10 heteroatoms. The molecule has 0 aliphatic heterocycles. The quantitative estimate of drug-likeness (QED) is 0.258. The number of fused-ring (bicyclic) bond motifs is 1. The van der Waals surface area contributed by atoms with Crippen molar-refractivity contribution < 1.29 is 28.8 Å². The summed E-state index contributed by atoms with van der Waals surface area (Å²) in [6, 6.07) is 14.9. The SMILES string of the molecule is COCOc1nnc(OCOC)c2c1nc(C1CCCCC1)n2Cc1ccc(-c2ccccc2C(=O)O)cc1. The third-order valence-electron chi connectivity index (χ3n) is 6.99. The van der Waals surface area contributed by atoms with Crippen molar-refractivity contribution in [2.45, 2.75) is 44.6 Å². The van der Waals surface area contributed by atoms with E-state index in [-0.39, 0.29) is 25.0 Å². The van der Waals surface area contributed by atoms with Crippen LogP contribution in [0.1, 0.15) is 59.8 Å². The maximum Gasteiger partial charge on any atom is 0.336 e. The van der Waals surface area contributed by atoms with E-state index in [0.717, 1.165) is 42.6 Å². The number of carboxylic acids is 1. The Hall–Kier alpha value is -4.02. The van der Waals surface area contributed by atoms with Gasteiger partial charge in [0.2, 0.25) is 0 Å². The summed E-state index contributed by atoms with van der Waals surface area (Å²) >= 11 is 0. The van der Waals surface area contributed by atoms with Crippen molar-refractivity contribution in [1.29, 1.82) is 0 Å². The van der Waals surface area contributed by atoms with E-state index in [9.17, 15) is 9.90 Å². The summed E-state index contributed by atoms with van der Waals surface area (Å²) in [5, 5.41) is 18.1. The van der Waals surface area contributed by atoms with Gasteiger partial charge in [-0.25, -0.2) is 9.78 Å². The first kappa shape index (κ1) is 26.6. The third kappa shape index (κ3) is 5.71. The van der Waals surface area contributed by atoms with E-state index < -0.39 is 5.97 Å². The topological polar surface area (TPSA) is 118 Å². The molecular formula is C29H32N4O6. The first-order valence-corrected chi connectivity index (χ1v) is 13.0. The molecule has 1 saturated carbocycles. The molecule has 0 spiro atoms. The van der Waals surface area contributed by atoms with Crippen LogP contribution >= 0.6 is 0 Å². The summed E-state index contributed by atoms with van der Waals surface area (Å²) in [6.45, 7) is 0.554. The Bertz CT molecular complexity index is 1430. The van der Waals surface area contributed by atoms with Gasteiger partial charge < -0.3 is 28.6 Å². The minimum atomic E-state index is -0.951. The summed E-state index contributed by atoms with van der Waals surface area (Å²) in [7, 11) is 3.10. The Morgan fingerprint density at radius 1 is 0.923 bits per heavy atom. The smallest absolute Gasteiger partial charge is 0.336 e. The molecule has 39 heavy (non-hydrogen) atoms. The average molecular weight is 533 g/mol. The fourth-order valence-electron chi connectivity index (χ4n) is 5.17. The number of nitrogens with zero attached hydrogens (tertiary/aromatic N) is 4. The minimum absolute atomic E-state index is 0.0175. The molecule has 4 aromatic rings. The number of ether oxygens (including phenoxy) is 4. The monoisotopic (exact) mass is 532 g/mol. The Morgan fingerprint density at radius 3 is 2.28 bits per heavy atom. The number of benzene rings is 2. The maximum atomic E-state index is 11.7. The second-order valence-corrected chi connectivity index (χ2v) is 9.55. The highest BCUT2D eigenvalue weighted by molar-refractivity contribution is 5.96. The molecule has 0 unspecified atom stereocenters. The molecule has 1 N–H and O–H groups in total. The van der Waals surface area contributed by atoms with Crippen LogP contribution in [0, 0.1) is 0 Å². The Morgan fingerprint density at radius 2 is 1.59 bits per heavy atom. The van der Waals surface area contributed by atoms with E-state index in [0.29, 0.717) is 34.9 Å². The molecular weight excluding hydrogens is 500 g/mol. The van der Waals surface area contributed by atoms with Crippen molar-refractivity contribution >= 4 is 17.0 Å². The Balaban J connectivity index is 1.58. The second kappa shape index (κ2) is 12.2. The number of hydrogen-bond acceptors (Lipinski definition) is 8. The zero-order chi connectivity index (χ0) is 27.2. The number of carboxylic acid groups (broad SMARTS) is 1. The average Bonchev–Trinajstić information content (AvgIpc) is 3.35. The lowest BCUT2D eigenvalue weighted by Crippen LogP contribution is -2.14. The molecule has 2 aromatic heterocycles. The molecule has 0 atom stereocenters. The van der Waals surface area contributed by atoms with Crippen molar-refractivity contribution in [2.24, 2.45) is 0 Å². The molecule has 0 saturated heterocycles. The number of rotatable bonds is 11. The lowest BCUT2D eigenvalue weighted by molar-refractivity contribution is 0.0435.